The summed E-state index contributed by atoms with van der Waals surface area (Å²) in [6.07, 6.45) is 2.13. The first-order chi connectivity index (χ1) is 21.0. The zero-order chi connectivity index (χ0) is 33.2. The molecule has 0 saturated heterocycles. The minimum Gasteiger partial charge on any atom is -0.511 e. The topological polar surface area (TPSA) is 121 Å². The molecule has 0 amide bonds. The van der Waals surface area contributed by atoms with Gasteiger partial charge in [0.05, 0.1) is 12.2 Å². The van der Waals surface area contributed by atoms with E-state index in [2.05, 4.69) is 45.0 Å². The molecule has 0 fully saturated rings. The van der Waals surface area contributed by atoms with Gasteiger partial charge >= 0.3 is 0 Å². The molecule has 7 nitrogen and oxygen atoms in total. The fraction of sp³-hybridized carbons (Fsp3) is 0.500. The third kappa shape index (κ3) is 4.68. The largest absolute Gasteiger partial charge is 0.511 e. The number of carbonyl (C=O) groups is 3. The Hall–Kier alpha value is -3.71. The van der Waals surface area contributed by atoms with Crippen LogP contribution >= 0.6 is 0 Å². The average Bonchev–Trinajstić information content (AvgIpc) is 2.94. The lowest BCUT2D eigenvalue weighted by Crippen LogP contribution is -2.67. The molecule has 3 aliphatic carbocycles. The highest BCUT2D eigenvalue weighted by Gasteiger charge is 2.71. The van der Waals surface area contributed by atoms with Gasteiger partial charge in [0.15, 0.2) is 17.2 Å². The molecule has 0 saturated carbocycles. The number of Topliss-reactive ketones (excluding diaryl/α,β-unsaturated/α-hetero) is 3. The summed E-state index contributed by atoms with van der Waals surface area (Å²) in [5, 5.41) is 35.8. The van der Waals surface area contributed by atoms with Crippen molar-refractivity contribution in [1.29, 1.82) is 0 Å². The number of aliphatic hydroxyl groups excluding tert-OH is 2. The molecule has 0 spiro atoms. The first-order valence-electron chi connectivity index (χ1n) is 16.1. The van der Waals surface area contributed by atoms with Gasteiger partial charge in [0.1, 0.15) is 22.8 Å². The second kappa shape index (κ2) is 11.3. The molecule has 4 unspecified atom stereocenters. The lowest BCUT2D eigenvalue weighted by Gasteiger charge is -2.59. The Morgan fingerprint density at radius 1 is 1.02 bits per heavy atom. The summed E-state index contributed by atoms with van der Waals surface area (Å²) in [5.74, 6) is -3.76. The second-order valence-corrected chi connectivity index (χ2v) is 14.4. The lowest BCUT2D eigenvalue weighted by atomic mass is 9.44. The molecule has 4 atom stereocenters. The number of carbonyl (C=O) groups excluding carboxylic acids is 3. The number of allylic oxidation sites excluding steroid dienone is 2. The predicted octanol–water partition coefficient (Wildman–Crippen LogP) is 7.61. The van der Waals surface area contributed by atoms with Gasteiger partial charge in [-0.1, -0.05) is 85.2 Å². The predicted molar refractivity (Wildman–Crippen MR) is 174 cm³/mol. The SMILES string of the molecule is CCCCOc1ccc(-c2ccc(C(C)C)cc2)c2c1C(=O)C1=C(O)C3(O)C(=O)C(C(C)=O)=C(O)C(C(C)C)C3(C)CC1(C)C2. The number of benzene rings is 2. The lowest BCUT2D eigenvalue weighted by molar-refractivity contribution is -0.171. The van der Waals surface area contributed by atoms with E-state index in [1.54, 1.807) is 13.0 Å². The van der Waals surface area contributed by atoms with Crippen molar-refractivity contribution in [3.8, 4) is 16.9 Å². The van der Waals surface area contributed by atoms with Crippen molar-refractivity contribution in [2.45, 2.75) is 92.6 Å². The van der Waals surface area contributed by atoms with E-state index >= 15 is 0 Å². The highest BCUT2D eigenvalue weighted by molar-refractivity contribution is 6.25. The summed E-state index contributed by atoms with van der Waals surface area (Å²) < 4.78 is 6.15. The maximum atomic E-state index is 14.7. The Kier molecular flexibility index (Phi) is 8.18. The van der Waals surface area contributed by atoms with E-state index in [1.165, 1.54) is 5.56 Å². The normalized spacial score (nSPS) is 27.9. The van der Waals surface area contributed by atoms with Crippen molar-refractivity contribution in [3.05, 3.63) is 75.8 Å². The molecule has 5 rings (SSSR count). The van der Waals surface area contributed by atoms with Crippen LogP contribution in [0.4, 0.5) is 0 Å². The Labute approximate surface area is 266 Å². The molecule has 45 heavy (non-hydrogen) atoms. The quantitative estimate of drug-likeness (QED) is 0.207. The highest BCUT2D eigenvalue weighted by atomic mass is 16.5. The first kappa shape index (κ1) is 32.7. The van der Waals surface area contributed by atoms with Crippen LogP contribution in [0.15, 0.2) is 59.1 Å². The molecule has 2 aromatic rings. The summed E-state index contributed by atoms with van der Waals surface area (Å²) in [6.45, 7) is 15.1. The van der Waals surface area contributed by atoms with E-state index in [4.69, 9.17) is 4.74 Å². The van der Waals surface area contributed by atoms with E-state index < -0.39 is 51.0 Å². The van der Waals surface area contributed by atoms with E-state index in [-0.39, 0.29) is 23.7 Å². The van der Waals surface area contributed by atoms with Gasteiger partial charge in [0.2, 0.25) is 5.78 Å². The molecule has 240 valence electrons. The third-order valence-electron chi connectivity index (χ3n) is 10.5. The van der Waals surface area contributed by atoms with Gasteiger partial charge in [-0.3, -0.25) is 14.4 Å². The van der Waals surface area contributed by atoms with Crippen LogP contribution in [-0.2, 0) is 16.0 Å². The minimum atomic E-state index is -2.58. The third-order valence-corrected chi connectivity index (χ3v) is 10.5. The molecule has 0 bridgehead atoms. The summed E-state index contributed by atoms with van der Waals surface area (Å²) in [7, 11) is 0. The monoisotopic (exact) mass is 614 g/mol. The van der Waals surface area contributed by atoms with Gasteiger partial charge in [-0.2, -0.15) is 0 Å². The van der Waals surface area contributed by atoms with Crippen molar-refractivity contribution in [2.75, 3.05) is 6.61 Å². The molecule has 0 radical (unpaired) electrons. The van der Waals surface area contributed by atoms with Gasteiger partial charge in [0, 0.05) is 22.3 Å². The Balaban J connectivity index is 1.78. The molecule has 2 aromatic carbocycles. The fourth-order valence-corrected chi connectivity index (χ4v) is 8.48. The van der Waals surface area contributed by atoms with E-state index in [0.717, 1.165) is 36.5 Å². The maximum absolute atomic E-state index is 14.7. The van der Waals surface area contributed by atoms with Gasteiger partial charge in [-0.15, -0.1) is 0 Å². The standard InChI is InChI=1S/C38H46O7/c1-9-10-17-45-27-16-15-25(24-13-11-23(12-14-24)20(2)3)26-18-36(7)19-37(8)30(21(4)5)32(40)28(22(6)39)34(42)38(37,44)35(43)31(36)33(41)29(26)27/h11-16,20-21,30,40,43-44H,9-10,17-19H2,1-8H3. The molecular formula is C38H46O7. The smallest absolute Gasteiger partial charge is 0.209 e. The van der Waals surface area contributed by atoms with E-state index in [0.29, 0.717) is 30.3 Å². The van der Waals surface area contributed by atoms with Crippen molar-refractivity contribution >= 4 is 17.3 Å². The van der Waals surface area contributed by atoms with E-state index in [9.17, 15) is 29.7 Å². The molecule has 3 aliphatic rings. The van der Waals surface area contributed by atoms with Crippen LogP contribution in [0, 0.1) is 22.7 Å². The van der Waals surface area contributed by atoms with Gasteiger partial charge in [-0.25, -0.2) is 0 Å². The van der Waals surface area contributed by atoms with Crippen molar-refractivity contribution in [2.24, 2.45) is 22.7 Å². The van der Waals surface area contributed by atoms with Gasteiger partial charge in [-0.05, 0) is 66.3 Å². The van der Waals surface area contributed by atoms with Crippen LogP contribution in [0.3, 0.4) is 0 Å². The Morgan fingerprint density at radius 3 is 2.22 bits per heavy atom. The zero-order valence-electron chi connectivity index (χ0n) is 27.7. The van der Waals surface area contributed by atoms with E-state index in [1.807, 2.05) is 26.8 Å². The molecule has 0 aliphatic heterocycles. The molecular weight excluding hydrogens is 568 g/mol. The minimum absolute atomic E-state index is 0.0391. The van der Waals surface area contributed by atoms with Crippen LogP contribution < -0.4 is 4.74 Å². The number of ketones is 3. The number of unbranched alkanes of at least 4 members (excludes halogenated alkanes) is 1. The summed E-state index contributed by atoms with van der Waals surface area (Å²) in [5.41, 5.74) is -1.45. The van der Waals surface area contributed by atoms with Crippen molar-refractivity contribution < 1.29 is 34.4 Å². The molecule has 0 aromatic heterocycles. The molecule has 3 N–H and O–H groups in total. The van der Waals surface area contributed by atoms with Crippen LogP contribution in [0.2, 0.25) is 0 Å². The number of fused-ring (bicyclic) bond motifs is 3. The number of rotatable bonds is 8. The summed E-state index contributed by atoms with van der Waals surface area (Å²) in [6, 6.07) is 12.1. The number of hydrogen-bond acceptors (Lipinski definition) is 7. The highest BCUT2D eigenvalue weighted by Crippen LogP contribution is 2.65. The van der Waals surface area contributed by atoms with Crippen molar-refractivity contribution in [1.82, 2.24) is 0 Å². The summed E-state index contributed by atoms with van der Waals surface area (Å²) in [4.78, 5) is 41.4. The van der Waals surface area contributed by atoms with Crippen LogP contribution in [0.1, 0.15) is 102 Å². The van der Waals surface area contributed by atoms with Gasteiger partial charge in [0.25, 0.3) is 0 Å². The fourth-order valence-electron chi connectivity index (χ4n) is 8.48. The van der Waals surface area contributed by atoms with Crippen LogP contribution in [0.5, 0.6) is 5.75 Å². The zero-order valence-corrected chi connectivity index (χ0v) is 27.7. The number of hydrogen-bond donors (Lipinski definition) is 3. The number of aliphatic hydroxyl groups is 3. The van der Waals surface area contributed by atoms with Crippen LogP contribution in [-0.4, -0.2) is 44.9 Å². The van der Waals surface area contributed by atoms with Crippen LogP contribution in [0.25, 0.3) is 11.1 Å². The first-order valence-corrected chi connectivity index (χ1v) is 16.1. The summed E-state index contributed by atoms with van der Waals surface area (Å²) >= 11 is 0. The Morgan fingerprint density at radius 2 is 1.67 bits per heavy atom. The maximum Gasteiger partial charge on any atom is 0.209 e. The molecule has 7 heteroatoms. The Bertz CT molecular complexity index is 1640. The second-order valence-electron chi connectivity index (χ2n) is 14.4. The average molecular weight is 615 g/mol. The van der Waals surface area contributed by atoms with Crippen molar-refractivity contribution in [3.63, 3.8) is 0 Å². The van der Waals surface area contributed by atoms with Gasteiger partial charge < -0.3 is 20.1 Å². The molecule has 0 heterocycles. The number of ether oxygens (including phenoxy) is 1.